The summed E-state index contributed by atoms with van der Waals surface area (Å²) in [6.45, 7) is 0. The molecule has 0 unspecified atom stereocenters. The van der Waals surface area contributed by atoms with Gasteiger partial charge in [-0.25, -0.2) is 4.79 Å². The van der Waals surface area contributed by atoms with Crippen LogP contribution in [-0.2, 0) is 0 Å². The van der Waals surface area contributed by atoms with Crippen LogP contribution in [0.2, 0.25) is 0 Å². The lowest BCUT2D eigenvalue weighted by atomic mass is 10.5. The van der Waals surface area contributed by atoms with E-state index >= 15 is 0 Å². The van der Waals surface area contributed by atoms with E-state index in [4.69, 9.17) is 5.11 Å². The van der Waals surface area contributed by atoms with Crippen molar-refractivity contribution in [2.75, 3.05) is 0 Å². The first-order valence-electron chi connectivity index (χ1n) is 2.25. The fraction of sp³-hybridized carbons (Fsp3) is 0. The molecule has 4 nitrogen and oxygen atoms in total. The van der Waals surface area contributed by atoms with Gasteiger partial charge in [0.25, 0.3) is 6.08 Å². The van der Waals surface area contributed by atoms with E-state index in [1.54, 1.807) is 0 Å². The molecule has 0 spiro atoms. The van der Waals surface area contributed by atoms with Crippen LogP contribution in [0.1, 0.15) is 10.5 Å². The molecule has 6 heteroatoms. The molecule has 0 aliphatic carbocycles. The fourth-order valence-corrected chi connectivity index (χ4v) is 0.467. The van der Waals surface area contributed by atoms with Crippen molar-refractivity contribution < 1.29 is 18.7 Å². The SMILES string of the molecule is O=C(O)c1nc(F)[nH]c1F. The lowest BCUT2D eigenvalue weighted by molar-refractivity contribution is 0.0685. The van der Waals surface area contributed by atoms with Gasteiger partial charge in [-0.05, 0) is 0 Å². The van der Waals surface area contributed by atoms with Crippen molar-refractivity contribution in [1.82, 2.24) is 9.97 Å². The highest BCUT2D eigenvalue weighted by atomic mass is 19.1. The number of rotatable bonds is 1. The number of nitrogens with one attached hydrogen (secondary N) is 1. The monoisotopic (exact) mass is 148 g/mol. The molecule has 0 fully saturated rings. The first-order valence-corrected chi connectivity index (χ1v) is 2.25. The number of nitrogens with zero attached hydrogens (tertiary/aromatic N) is 1. The first kappa shape index (κ1) is 6.66. The zero-order chi connectivity index (χ0) is 7.72. The van der Waals surface area contributed by atoms with Crippen molar-refractivity contribution in [3.8, 4) is 0 Å². The molecule has 10 heavy (non-hydrogen) atoms. The van der Waals surface area contributed by atoms with Crippen molar-refractivity contribution in [3.05, 3.63) is 17.7 Å². The number of aromatic nitrogens is 2. The quantitative estimate of drug-likeness (QED) is 0.605. The molecule has 1 heterocycles. The van der Waals surface area contributed by atoms with E-state index in [9.17, 15) is 13.6 Å². The molecule has 0 aromatic carbocycles. The van der Waals surface area contributed by atoms with Crippen LogP contribution in [-0.4, -0.2) is 21.0 Å². The van der Waals surface area contributed by atoms with Crippen LogP contribution in [0.5, 0.6) is 0 Å². The molecule has 0 atom stereocenters. The summed E-state index contributed by atoms with van der Waals surface area (Å²) in [5, 5.41) is 8.09. The number of aromatic carboxylic acids is 1. The molecule has 0 amide bonds. The average molecular weight is 148 g/mol. The Balaban J connectivity index is 3.15. The van der Waals surface area contributed by atoms with Gasteiger partial charge < -0.3 is 5.11 Å². The third kappa shape index (κ3) is 0.949. The normalized spacial score (nSPS) is 9.80. The summed E-state index contributed by atoms with van der Waals surface area (Å²) in [5.41, 5.74) is -0.933. The summed E-state index contributed by atoms with van der Waals surface area (Å²) in [5.74, 6) is -2.87. The summed E-state index contributed by atoms with van der Waals surface area (Å²) in [4.78, 5) is 14.1. The summed E-state index contributed by atoms with van der Waals surface area (Å²) in [6, 6.07) is 0. The second-order valence-corrected chi connectivity index (χ2v) is 1.50. The smallest absolute Gasteiger partial charge is 0.359 e. The highest BCUT2D eigenvalue weighted by molar-refractivity contribution is 5.85. The third-order valence-corrected chi connectivity index (χ3v) is 0.833. The molecule has 0 saturated heterocycles. The summed E-state index contributed by atoms with van der Waals surface area (Å²) < 4.78 is 24.0. The molecule has 1 aromatic heterocycles. The van der Waals surface area contributed by atoms with E-state index in [1.807, 2.05) is 0 Å². The van der Waals surface area contributed by atoms with E-state index in [0.717, 1.165) is 0 Å². The van der Waals surface area contributed by atoms with Crippen LogP contribution in [0, 0.1) is 12.0 Å². The van der Waals surface area contributed by atoms with Crippen molar-refractivity contribution in [2.45, 2.75) is 0 Å². The Bertz CT molecular complexity index is 270. The largest absolute Gasteiger partial charge is 0.476 e. The Morgan fingerprint density at radius 2 is 2.20 bits per heavy atom. The molecular formula is C4H2F2N2O2. The van der Waals surface area contributed by atoms with Crippen LogP contribution in [0.25, 0.3) is 0 Å². The molecule has 0 saturated carbocycles. The standard InChI is InChI=1S/C4H2F2N2O2/c5-2-1(3(9)10)7-4(6)8-2/h(H,7,8)(H,9,10). The van der Waals surface area contributed by atoms with Crippen molar-refractivity contribution in [3.63, 3.8) is 0 Å². The molecular weight excluding hydrogens is 146 g/mol. The number of carboxylic acids is 1. The van der Waals surface area contributed by atoms with Crippen molar-refractivity contribution >= 4 is 5.97 Å². The number of hydrogen-bond acceptors (Lipinski definition) is 2. The Morgan fingerprint density at radius 1 is 1.60 bits per heavy atom. The Morgan fingerprint density at radius 3 is 2.40 bits per heavy atom. The number of imidazole rings is 1. The van der Waals surface area contributed by atoms with Crippen LogP contribution < -0.4 is 0 Å². The molecule has 1 rings (SSSR count). The van der Waals surface area contributed by atoms with Gasteiger partial charge in [0.1, 0.15) is 0 Å². The second-order valence-electron chi connectivity index (χ2n) is 1.50. The van der Waals surface area contributed by atoms with Gasteiger partial charge in [0, 0.05) is 0 Å². The first-order chi connectivity index (χ1) is 4.61. The van der Waals surface area contributed by atoms with Gasteiger partial charge in [0.15, 0.2) is 0 Å². The van der Waals surface area contributed by atoms with E-state index in [-0.39, 0.29) is 0 Å². The Kier molecular flexibility index (Phi) is 1.37. The van der Waals surface area contributed by atoms with Gasteiger partial charge >= 0.3 is 5.97 Å². The highest BCUT2D eigenvalue weighted by Gasteiger charge is 2.15. The summed E-state index contributed by atoms with van der Waals surface area (Å²) in [7, 11) is 0. The molecule has 0 aliphatic heterocycles. The topological polar surface area (TPSA) is 66.0 Å². The maximum absolute atomic E-state index is 12.1. The van der Waals surface area contributed by atoms with Gasteiger partial charge in [-0.3, -0.25) is 4.98 Å². The fourth-order valence-electron chi connectivity index (χ4n) is 0.467. The number of carbonyl (C=O) groups is 1. The molecule has 0 radical (unpaired) electrons. The molecule has 1 aromatic rings. The van der Waals surface area contributed by atoms with Crippen LogP contribution >= 0.6 is 0 Å². The minimum Gasteiger partial charge on any atom is -0.476 e. The average Bonchev–Trinajstić information content (AvgIpc) is 2.10. The van der Waals surface area contributed by atoms with Crippen LogP contribution in [0.3, 0.4) is 0 Å². The zero-order valence-electron chi connectivity index (χ0n) is 4.56. The van der Waals surface area contributed by atoms with E-state index in [0.29, 0.717) is 0 Å². The Hall–Kier alpha value is -1.46. The Labute approximate surface area is 53.5 Å². The minimum absolute atomic E-state index is 0.933. The number of aromatic amines is 1. The van der Waals surface area contributed by atoms with Gasteiger partial charge in [-0.1, -0.05) is 0 Å². The molecule has 2 N–H and O–H groups in total. The number of H-pyrrole nitrogens is 1. The zero-order valence-corrected chi connectivity index (χ0v) is 4.56. The maximum atomic E-state index is 12.1. The summed E-state index contributed by atoms with van der Waals surface area (Å²) in [6.07, 6.45) is -1.24. The van der Waals surface area contributed by atoms with Crippen molar-refractivity contribution in [2.24, 2.45) is 0 Å². The van der Waals surface area contributed by atoms with E-state index < -0.39 is 23.7 Å². The van der Waals surface area contributed by atoms with E-state index in [2.05, 4.69) is 4.98 Å². The van der Waals surface area contributed by atoms with Crippen LogP contribution in [0.15, 0.2) is 0 Å². The van der Waals surface area contributed by atoms with Gasteiger partial charge in [-0.2, -0.15) is 13.8 Å². The molecule has 54 valence electrons. The van der Waals surface area contributed by atoms with Gasteiger partial charge in [-0.15, -0.1) is 0 Å². The lowest BCUT2D eigenvalue weighted by Gasteiger charge is -1.81. The van der Waals surface area contributed by atoms with E-state index in [1.165, 1.54) is 4.98 Å². The molecule has 0 aliphatic rings. The molecule has 0 bridgehead atoms. The highest BCUT2D eigenvalue weighted by Crippen LogP contribution is 2.01. The third-order valence-electron chi connectivity index (χ3n) is 0.833. The second kappa shape index (κ2) is 2.05. The predicted molar refractivity (Wildman–Crippen MR) is 25.5 cm³/mol. The minimum atomic E-state index is -1.60. The predicted octanol–water partition coefficient (Wildman–Crippen LogP) is 0.386. The van der Waals surface area contributed by atoms with Gasteiger partial charge in [0.05, 0.1) is 0 Å². The lowest BCUT2D eigenvalue weighted by Crippen LogP contribution is -1.99. The number of carboxylic acid groups (broad SMARTS) is 1. The summed E-state index contributed by atoms with van der Waals surface area (Å²) >= 11 is 0. The van der Waals surface area contributed by atoms with Crippen molar-refractivity contribution in [1.29, 1.82) is 0 Å². The number of hydrogen-bond donors (Lipinski definition) is 2. The number of halogens is 2. The maximum Gasteiger partial charge on any atom is 0.359 e. The van der Waals surface area contributed by atoms with Gasteiger partial charge in [0.2, 0.25) is 11.6 Å². The van der Waals surface area contributed by atoms with Crippen LogP contribution in [0.4, 0.5) is 8.78 Å².